The maximum absolute atomic E-state index is 10.9. The summed E-state index contributed by atoms with van der Waals surface area (Å²) in [4.78, 5) is 21.5. The molecule has 3 amide bonds. The first kappa shape index (κ1) is 8.04. The molecule has 0 spiro atoms. The molecular weight excluding hydrogens is 144 g/mol. The fourth-order valence-corrected chi connectivity index (χ4v) is 1.07. The zero-order valence-electron chi connectivity index (χ0n) is 6.52. The maximum Gasteiger partial charge on any atom is 0.322 e. The van der Waals surface area contributed by atoms with Crippen LogP contribution in [0, 0.1) is 0 Å². The predicted molar refractivity (Wildman–Crippen MR) is 40.0 cm³/mol. The minimum atomic E-state index is -0.365. The minimum absolute atomic E-state index is 0.191. The molecule has 2 N–H and O–H groups in total. The van der Waals surface area contributed by atoms with E-state index in [4.69, 9.17) is 0 Å². The van der Waals surface area contributed by atoms with Crippen LogP contribution in [0.3, 0.4) is 0 Å². The number of nitrogens with one attached hydrogen (secondary N) is 2. The van der Waals surface area contributed by atoms with Crippen molar-refractivity contribution in [2.75, 3.05) is 0 Å². The van der Waals surface area contributed by atoms with Gasteiger partial charge in [-0.1, -0.05) is 19.8 Å². The second kappa shape index (κ2) is 3.37. The zero-order valence-corrected chi connectivity index (χ0v) is 6.52. The molecule has 0 aromatic rings. The first-order valence-corrected chi connectivity index (χ1v) is 3.85. The molecule has 1 saturated heterocycles. The van der Waals surface area contributed by atoms with Gasteiger partial charge in [0.1, 0.15) is 6.04 Å². The lowest BCUT2D eigenvalue weighted by atomic mass is 10.1. The summed E-state index contributed by atoms with van der Waals surface area (Å²) >= 11 is 0. The number of hydrogen-bond acceptors (Lipinski definition) is 2. The highest BCUT2D eigenvalue weighted by Gasteiger charge is 2.28. The lowest BCUT2D eigenvalue weighted by molar-refractivity contribution is -0.120. The summed E-state index contributed by atoms with van der Waals surface area (Å²) in [5.74, 6) is -0.191. The molecule has 4 heteroatoms. The first-order valence-electron chi connectivity index (χ1n) is 3.85. The van der Waals surface area contributed by atoms with Crippen LogP contribution in [-0.4, -0.2) is 18.0 Å². The second-order valence-corrected chi connectivity index (χ2v) is 2.66. The molecule has 11 heavy (non-hydrogen) atoms. The number of rotatable bonds is 3. The largest absolute Gasteiger partial charge is 0.326 e. The Bertz CT molecular complexity index is 179. The van der Waals surface area contributed by atoms with E-state index in [-0.39, 0.29) is 18.0 Å². The second-order valence-electron chi connectivity index (χ2n) is 2.66. The molecule has 62 valence electrons. The predicted octanol–water partition coefficient (Wildman–Crippen LogP) is 0.385. The summed E-state index contributed by atoms with van der Waals surface area (Å²) in [6, 6.07) is -0.654. The monoisotopic (exact) mass is 156 g/mol. The molecule has 1 fully saturated rings. The number of amides is 3. The van der Waals surface area contributed by atoms with Gasteiger partial charge in [-0.15, -0.1) is 0 Å². The fraction of sp³-hybridized carbons (Fsp3) is 0.714. The molecular formula is C7H12N2O2. The van der Waals surface area contributed by atoms with E-state index < -0.39 is 0 Å². The number of urea groups is 1. The van der Waals surface area contributed by atoms with Crippen molar-refractivity contribution >= 4 is 11.9 Å². The Kier molecular flexibility index (Phi) is 2.46. The summed E-state index contributed by atoms with van der Waals surface area (Å²) in [6.07, 6.45) is 2.76. The van der Waals surface area contributed by atoms with Gasteiger partial charge in [-0.05, 0) is 6.42 Å². The third-order valence-electron chi connectivity index (χ3n) is 1.70. The van der Waals surface area contributed by atoms with E-state index in [2.05, 4.69) is 17.6 Å². The van der Waals surface area contributed by atoms with E-state index in [9.17, 15) is 9.59 Å². The number of imide groups is 1. The number of unbranched alkanes of at least 4 members (excludes halogenated alkanes) is 1. The van der Waals surface area contributed by atoms with E-state index in [1.54, 1.807) is 0 Å². The Morgan fingerprint density at radius 2 is 2.18 bits per heavy atom. The highest BCUT2D eigenvalue weighted by Crippen LogP contribution is 2.03. The maximum atomic E-state index is 10.9. The average Bonchev–Trinajstić information content (AvgIpc) is 2.26. The van der Waals surface area contributed by atoms with Crippen LogP contribution >= 0.6 is 0 Å². The Morgan fingerprint density at radius 1 is 1.45 bits per heavy atom. The van der Waals surface area contributed by atoms with Crippen molar-refractivity contribution < 1.29 is 9.59 Å². The third-order valence-corrected chi connectivity index (χ3v) is 1.70. The van der Waals surface area contributed by atoms with Crippen LogP contribution in [0.5, 0.6) is 0 Å². The highest BCUT2D eigenvalue weighted by molar-refractivity contribution is 6.04. The molecule has 1 aliphatic heterocycles. The van der Waals surface area contributed by atoms with Crippen molar-refractivity contribution in [3.8, 4) is 0 Å². The van der Waals surface area contributed by atoms with Gasteiger partial charge >= 0.3 is 6.03 Å². The smallest absolute Gasteiger partial charge is 0.322 e. The highest BCUT2D eigenvalue weighted by atomic mass is 16.2. The molecule has 0 bridgehead atoms. The molecule has 1 heterocycles. The Morgan fingerprint density at radius 3 is 2.64 bits per heavy atom. The van der Waals surface area contributed by atoms with Crippen molar-refractivity contribution in [3.63, 3.8) is 0 Å². The topological polar surface area (TPSA) is 58.2 Å². The van der Waals surface area contributed by atoms with Gasteiger partial charge in [-0.25, -0.2) is 4.79 Å². The van der Waals surface area contributed by atoms with E-state index in [0.29, 0.717) is 0 Å². The van der Waals surface area contributed by atoms with Gasteiger partial charge in [0.05, 0.1) is 0 Å². The summed E-state index contributed by atoms with van der Waals surface area (Å²) in [5.41, 5.74) is 0. The molecule has 4 nitrogen and oxygen atoms in total. The van der Waals surface area contributed by atoms with Crippen LogP contribution in [0.2, 0.25) is 0 Å². The zero-order chi connectivity index (χ0) is 8.27. The van der Waals surface area contributed by atoms with Gasteiger partial charge in [-0.3, -0.25) is 10.1 Å². The molecule has 0 aromatic heterocycles. The van der Waals surface area contributed by atoms with E-state index in [0.717, 1.165) is 19.3 Å². The van der Waals surface area contributed by atoms with Crippen LogP contribution in [0.15, 0.2) is 0 Å². The van der Waals surface area contributed by atoms with E-state index in [1.807, 2.05) is 0 Å². The standard InChI is InChI=1S/C7H12N2O2/c1-2-3-4-5-6(10)9-7(11)8-5/h5H,2-4H2,1H3,(H2,8,9,10,11)/t5-/m1/s1. The first-order chi connectivity index (χ1) is 5.24. The molecule has 0 saturated carbocycles. The number of hydrogen-bond donors (Lipinski definition) is 2. The van der Waals surface area contributed by atoms with Crippen LogP contribution in [-0.2, 0) is 4.79 Å². The Labute approximate surface area is 65.3 Å². The molecule has 0 radical (unpaired) electrons. The summed E-state index contributed by atoms with van der Waals surface area (Å²) < 4.78 is 0. The Hall–Kier alpha value is -1.06. The molecule has 0 unspecified atom stereocenters. The molecule has 1 atom stereocenters. The van der Waals surface area contributed by atoms with Gasteiger partial charge in [0.25, 0.3) is 5.91 Å². The summed E-state index contributed by atoms with van der Waals surface area (Å²) in [6.45, 7) is 2.05. The van der Waals surface area contributed by atoms with Gasteiger partial charge in [0, 0.05) is 0 Å². The molecule has 0 aliphatic carbocycles. The fourth-order valence-electron chi connectivity index (χ4n) is 1.07. The number of carbonyl (C=O) groups is 2. The molecule has 1 rings (SSSR count). The summed E-state index contributed by atoms with van der Waals surface area (Å²) in [7, 11) is 0. The SMILES string of the molecule is CCCC[C@H]1NC(=O)NC1=O. The van der Waals surface area contributed by atoms with Crippen LogP contribution in [0.25, 0.3) is 0 Å². The molecule has 1 aliphatic rings. The van der Waals surface area contributed by atoms with Gasteiger partial charge in [0.2, 0.25) is 0 Å². The van der Waals surface area contributed by atoms with Crippen molar-refractivity contribution in [2.45, 2.75) is 32.2 Å². The van der Waals surface area contributed by atoms with Crippen molar-refractivity contribution in [2.24, 2.45) is 0 Å². The van der Waals surface area contributed by atoms with Crippen LogP contribution in [0.4, 0.5) is 4.79 Å². The Balaban J connectivity index is 2.34. The van der Waals surface area contributed by atoms with E-state index in [1.165, 1.54) is 0 Å². The lowest BCUT2D eigenvalue weighted by Gasteiger charge is -2.03. The minimum Gasteiger partial charge on any atom is -0.326 e. The quantitative estimate of drug-likeness (QED) is 0.580. The van der Waals surface area contributed by atoms with Gasteiger partial charge < -0.3 is 5.32 Å². The number of carbonyl (C=O) groups excluding carboxylic acids is 2. The summed E-state index contributed by atoms with van der Waals surface area (Å²) in [5, 5.41) is 4.73. The van der Waals surface area contributed by atoms with Gasteiger partial charge in [0.15, 0.2) is 0 Å². The van der Waals surface area contributed by atoms with Crippen molar-refractivity contribution in [1.82, 2.24) is 10.6 Å². The normalized spacial score (nSPS) is 23.2. The van der Waals surface area contributed by atoms with Crippen LogP contribution < -0.4 is 10.6 Å². The van der Waals surface area contributed by atoms with Crippen LogP contribution in [0.1, 0.15) is 26.2 Å². The third kappa shape index (κ3) is 1.93. The lowest BCUT2D eigenvalue weighted by Crippen LogP contribution is -2.28. The van der Waals surface area contributed by atoms with Crippen molar-refractivity contribution in [3.05, 3.63) is 0 Å². The van der Waals surface area contributed by atoms with E-state index >= 15 is 0 Å². The van der Waals surface area contributed by atoms with Crippen molar-refractivity contribution in [1.29, 1.82) is 0 Å². The van der Waals surface area contributed by atoms with Gasteiger partial charge in [-0.2, -0.15) is 0 Å². The average molecular weight is 156 g/mol. The molecule has 0 aromatic carbocycles.